The SMILES string of the molecule is C[C@]1(C(=O)O)[C@H]2CC[C@@H](O2)[C@@]1(C)C(=O)N1CCOCC1. The first-order valence-electron chi connectivity index (χ1n) is 7.18. The molecule has 6 nitrogen and oxygen atoms in total. The third-order valence-electron chi connectivity index (χ3n) is 5.57. The zero-order chi connectivity index (χ0) is 14.5. The fraction of sp³-hybridized carbons (Fsp3) is 0.857. The molecule has 0 aromatic rings. The number of hydrogen-bond acceptors (Lipinski definition) is 4. The molecule has 0 aliphatic carbocycles. The van der Waals surface area contributed by atoms with Gasteiger partial charge in [0.05, 0.1) is 30.8 Å². The number of carboxylic acids is 1. The number of morpholine rings is 1. The average molecular weight is 283 g/mol. The Bertz CT molecular complexity index is 447. The van der Waals surface area contributed by atoms with Gasteiger partial charge in [-0.25, -0.2) is 0 Å². The van der Waals surface area contributed by atoms with E-state index in [-0.39, 0.29) is 18.1 Å². The smallest absolute Gasteiger partial charge is 0.313 e. The van der Waals surface area contributed by atoms with Crippen molar-refractivity contribution in [3.8, 4) is 0 Å². The number of carbonyl (C=O) groups excluding carboxylic acids is 1. The van der Waals surface area contributed by atoms with Gasteiger partial charge in [0, 0.05) is 13.1 Å². The molecule has 1 amide bonds. The summed E-state index contributed by atoms with van der Waals surface area (Å²) in [6.45, 7) is 5.52. The van der Waals surface area contributed by atoms with Crippen LogP contribution in [-0.4, -0.2) is 60.4 Å². The molecular weight excluding hydrogens is 262 g/mol. The second-order valence-corrected chi connectivity index (χ2v) is 6.31. The Kier molecular flexibility index (Phi) is 3.06. The Morgan fingerprint density at radius 3 is 2.20 bits per heavy atom. The van der Waals surface area contributed by atoms with Crippen LogP contribution in [0.5, 0.6) is 0 Å². The van der Waals surface area contributed by atoms with E-state index in [0.29, 0.717) is 26.3 Å². The first-order valence-corrected chi connectivity index (χ1v) is 7.18. The third-order valence-corrected chi connectivity index (χ3v) is 5.57. The fourth-order valence-corrected chi connectivity index (χ4v) is 3.97. The maximum absolute atomic E-state index is 13.0. The van der Waals surface area contributed by atoms with Gasteiger partial charge < -0.3 is 19.5 Å². The van der Waals surface area contributed by atoms with E-state index >= 15 is 0 Å². The van der Waals surface area contributed by atoms with Gasteiger partial charge in [0.25, 0.3) is 0 Å². The van der Waals surface area contributed by atoms with Crippen molar-refractivity contribution >= 4 is 11.9 Å². The summed E-state index contributed by atoms with van der Waals surface area (Å²) in [4.78, 5) is 26.5. The molecule has 1 N–H and O–H groups in total. The Hall–Kier alpha value is -1.14. The summed E-state index contributed by atoms with van der Waals surface area (Å²) >= 11 is 0. The van der Waals surface area contributed by atoms with Gasteiger partial charge in [0.1, 0.15) is 5.41 Å². The molecule has 3 saturated heterocycles. The first kappa shape index (κ1) is 13.8. The number of fused-ring (bicyclic) bond motifs is 2. The largest absolute Gasteiger partial charge is 0.481 e. The molecule has 112 valence electrons. The highest BCUT2D eigenvalue weighted by Gasteiger charge is 2.72. The predicted octanol–water partition coefficient (Wildman–Crippen LogP) is 0.504. The summed E-state index contributed by atoms with van der Waals surface area (Å²) in [6.07, 6.45) is 0.837. The molecule has 3 aliphatic heterocycles. The number of ether oxygens (including phenoxy) is 2. The van der Waals surface area contributed by atoms with Crippen LogP contribution in [0.15, 0.2) is 0 Å². The van der Waals surface area contributed by atoms with Gasteiger partial charge >= 0.3 is 5.97 Å². The first-order chi connectivity index (χ1) is 9.42. The Balaban J connectivity index is 1.96. The van der Waals surface area contributed by atoms with Crippen LogP contribution in [0.2, 0.25) is 0 Å². The standard InChI is InChI=1S/C14H21NO5/c1-13(11(16)15-5-7-19-8-6-15)9-3-4-10(20-9)14(13,2)12(17)18/h9-10H,3-8H2,1-2H3,(H,17,18)/t9-,10-,13+,14-/m1/s1. The van der Waals surface area contributed by atoms with Gasteiger partial charge in [0.2, 0.25) is 5.91 Å². The number of amides is 1. The summed E-state index contributed by atoms with van der Waals surface area (Å²) in [6, 6.07) is 0. The lowest BCUT2D eigenvalue weighted by atomic mass is 9.57. The third kappa shape index (κ3) is 1.52. The number of rotatable bonds is 2. The molecule has 6 heteroatoms. The van der Waals surface area contributed by atoms with E-state index in [1.807, 2.05) is 0 Å². The molecule has 0 radical (unpaired) electrons. The van der Waals surface area contributed by atoms with Gasteiger partial charge in [-0.1, -0.05) is 0 Å². The molecule has 0 aromatic carbocycles. The van der Waals surface area contributed by atoms with E-state index in [0.717, 1.165) is 12.8 Å². The van der Waals surface area contributed by atoms with Crippen molar-refractivity contribution in [1.82, 2.24) is 4.90 Å². The highest BCUT2D eigenvalue weighted by molar-refractivity contribution is 5.92. The zero-order valence-corrected chi connectivity index (χ0v) is 11.9. The van der Waals surface area contributed by atoms with Crippen molar-refractivity contribution in [1.29, 1.82) is 0 Å². The van der Waals surface area contributed by atoms with Gasteiger partial charge in [-0.05, 0) is 26.7 Å². The van der Waals surface area contributed by atoms with Crippen molar-refractivity contribution in [3.05, 3.63) is 0 Å². The summed E-state index contributed by atoms with van der Waals surface area (Å²) in [7, 11) is 0. The van der Waals surface area contributed by atoms with Gasteiger partial charge in [-0.3, -0.25) is 9.59 Å². The Morgan fingerprint density at radius 1 is 1.10 bits per heavy atom. The Morgan fingerprint density at radius 2 is 1.65 bits per heavy atom. The molecule has 0 unspecified atom stereocenters. The van der Waals surface area contributed by atoms with Crippen molar-refractivity contribution in [2.45, 2.75) is 38.9 Å². The van der Waals surface area contributed by atoms with Crippen LogP contribution in [0.25, 0.3) is 0 Å². The van der Waals surface area contributed by atoms with Crippen molar-refractivity contribution < 1.29 is 24.2 Å². The highest BCUT2D eigenvalue weighted by Crippen LogP contribution is 2.60. The molecule has 3 heterocycles. The monoisotopic (exact) mass is 283 g/mol. The maximum atomic E-state index is 13.0. The van der Waals surface area contributed by atoms with E-state index in [2.05, 4.69) is 0 Å². The number of hydrogen-bond donors (Lipinski definition) is 1. The molecule has 0 saturated carbocycles. The minimum absolute atomic E-state index is 0.0992. The minimum atomic E-state index is -1.15. The molecule has 0 spiro atoms. The van der Waals surface area contributed by atoms with Gasteiger partial charge in [-0.2, -0.15) is 0 Å². The van der Waals surface area contributed by atoms with Gasteiger partial charge in [0.15, 0.2) is 0 Å². The molecule has 3 aliphatic rings. The number of carboxylic acid groups (broad SMARTS) is 1. The number of nitrogens with zero attached hydrogens (tertiary/aromatic N) is 1. The molecule has 3 fully saturated rings. The zero-order valence-electron chi connectivity index (χ0n) is 11.9. The second kappa shape index (κ2) is 4.43. The average Bonchev–Trinajstić information content (AvgIpc) is 3.02. The summed E-state index contributed by atoms with van der Waals surface area (Å²) < 4.78 is 11.1. The predicted molar refractivity (Wildman–Crippen MR) is 69.1 cm³/mol. The lowest BCUT2D eigenvalue weighted by molar-refractivity contribution is -0.170. The van der Waals surface area contributed by atoms with Crippen molar-refractivity contribution in [3.63, 3.8) is 0 Å². The summed E-state index contributed by atoms with van der Waals surface area (Å²) in [5.74, 6) is -1.04. The van der Waals surface area contributed by atoms with E-state index < -0.39 is 16.8 Å². The lowest BCUT2D eigenvalue weighted by Crippen LogP contribution is -2.60. The van der Waals surface area contributed by atoms with E-state index in [1.165, 1.54) is 0 Å². The molecule has 4 atom stereocenters. The van der Waals surface area contributed by atoms with Gasteiger partial charge in [-0.15, -0.1) is 0 Å². The number of carbonyl (C=O) groups is 2. The number of aliphatic carboxylic acids is 1. The lowest BCUT2D eigenvalue weighted by Gasteiger charge is -2.45. The van der Waals surface area contributed by atoms with Crippen molar-refractivity contribution in [2.24, 2.45) is 10.8 Å². The van der Waals surface area contributed by atoms with Crippen LogP contribution >= 0.6 is 0 Å². The Labute approximate surface area is 118 Å². The van der Waals surface area contributed by atoms with E-state index in [4.69, 9.17) is 9.47 Å². The van der Waals surface area contributed by atoms with E-state index in [9.17, 15) is 14.7 Å². The van der Waals surface area contributed by atoms with Crippen LogP contribution in [0.1, 0.15) is 26.7 Å². The van der Waals surface area contributed by atoms with Crippen LogP contribution in [0.4, 0.5) is 0 Å². The van der Waals surface area contributed by atoms with Crippen LogP contribution in [-0.2, 0) is 19.1 Å². The maximum Gasteiger partial charge on any atom is 0.313 e. The quantitative estimate of drug-likeness (QED) is 0.799. The van der Waals surface area contributed by atoms with Crippen LogP contribution in [0.3, 0.4) is 0 Å². The second-order valence-electron chi connectivity index (χ2n) is 6.31. The normalized spacial score (nSPS) is 43.8. The topological polar surface area (TPSA) is 76.1 Å². The van der Waals surface area contributed by atoms with Crippen molar-refractivity contribution in [2.75, 3.05) is 26.3 Å². The van der Waals surface area contributed by atoms with E-state index in [1.54, 1.807) is 18.7 Å². The van der Waals surface area contributed by atoms with Crippen LogP contribution in [0, 0.1) is 10.8 Å². The highest BCUT2D eigenvalue weighted by atomic mass is 16.5. The molecular formula is C14H21NO5. The summed E-state index contributed by atoms with van der Waals surface area (Å²) in [5.41, 5.74) is -2.13. The van der Waals surface area contributed by atoms with Crippen LogP contribution < -0.4 is 0 Å². The molecule has 20 heavy (non-hydrogen) atoms. The minimum Gasteiger partial charge on any atom is -0.481 e. The molecule has 3 rings (SSSR count). The summed E-state index contributed by atoms with van der Waals surface area (Å²) in [5, 5.41) is 9.70. The fourth-order valence-electron chi connectivity index (χ4n) is 3.97. The molecule has 0 aromatic heterocycles. The molecule has 2 bridgehead atoms.